The van der Waals surface area contributed by atoms with Crippen molar-refractivity contribution in [2.45, 2.75) is 0 Å². The first-order chi connectivity index (χ1) is 43.7. The van der Waals surface area contributed by atoms with Crippen LogP contribution in [0.4, 0.5) is 102 Å². The molecule has 19 rings (SSSR count). The molecule has 0 saturated heterocycles. The van der Waals surface area contributed by atoms with Crippen LogP contribution in [0.3, 0.4) is 0 Å². The van der Waals surface area contributed by atoms with E-state index in [0.717, 1.165) is 125 Å². The molecule has 0 unspecified atom stereocenters. The van der Waals surface area contributed by atoms with Gasteiger partial charge in [0.2, 0.25) is 0 Å². The van der Waals surface area contributed by atoms with E-state index in [9.17, 15) is 0 Å². The average Bonchev–Trinajstić information content (AvgIpc) is 0.733. The second-order valence-electron chi connectivity index (χ2n) is 23.2. The molecule has 8 nitrogen and oxygen atoms in total. The van der Waals surface area contributed by atoms with Gasteiger partial charge in [0.15, 0.2) is 23.0 Å². The molecule has 410 valence electrons. The number of hydrogen-bond donors (Lipinski definition) is 0. The minimum absolute atomic E-state index is 0.222. The Hall–Kier alpha value is -11.6. The van der Waals surface area contributed by atoms with Crippen LogP contribution in [0, 0.1) is 0 Å². The number of nitrogens with zero attached hydrogens (tertiary/aromatic N) is 6. The summed E-state index contributed by atoms with van der Waals surface area (Å²) < 4.78 is 14.0. The molecule has 0 amide bonds. The predicted octanol–water partition coefficient (Wildman–Crippen LogP) is 17.0. The molecule has 10 heteroatoms. The zero-order valence-corrected chi connectivity index (χ0v) is 47.5. The number of anilines is 18. The third-order valence-electron chi connectivity index (χ3n) is 18.4. The van der Waals surface area contributed by atoms with Gasteiger partial charge in [-0.05, 0) is 172 Å². The summed E-state index contributed by atoms with van der Waals surface area (Å²) in [6.45, 7) is -0.444. The Labute approximate surface area is 511 Å². The largest absolute Gasteiger partial charge is 0.453 e. The number of para-hydroxylation sites is 12. The second-order valence-corrected chi connectivity index (χ2v) is 23.2. The standard InChI is InChI=1S/C78H50B2N6O2/c1-7-25-51(26-8-1)81(52-27-9-2-10-28-52)57-45-67-75-69(47-57)85-63-39-19-21-41-71(63)87-73-43-23-37-59(77(73)85)79(75)61-49-62-66(50-65(61)83(67)55-33-15-5-16-34-55)84(56-35-17-6-18-36-56)68-46-58(82(53-29-11-3-12-30-53)54-31-13-4-14-32-54)48-70-76(68)80(62)60-38-24-44-74-78(60)86(70)64-40-20-22-42-72(64)88-74/h1-50H. The topological polar surface area (TPSA) is 37.9 Å². The van der Waals surface area contributed by atoms with E-state index in [2.05, 4.69) is 333 Å². The molecule has 0 atom stereocenters. The zero-order chi connectivity index (χ0) is 57.6. The smallest absolute Gasteiger partial charge is 0.252 e. The van der Waals surface area contributed by atoms with Gasteiger partial charge in [-0.1, -0.05) is 164 Å². The van der Waals surface area contributed by atoms with Gasteiger partial charge in [0.25, 0.3) is 13.4 Å². The van der Waals surface area contributed by atoms with Gasteiger partial charge < -0.3 is 38.9 Å². The van der Waals surface area contributed by atoms with Crippen molar-refractivity contribution in [3.63, 3.8) is 0 Å². The summed E-state index contributed by atoms with van der Waals surface area (Å²) in [6, 6.07) is 110. The van der Waals surface area contributed by atoms with Gasteiger partial charge in [0.1, 0.15) is 0 Å². The third-order valence-corrected chi connectivity index (χ3v) is 18.4. The van der Waals surface area contributed by atoms with E-state index in [1.807, 2.05) is 0 Å². The van der Waals surface area contributed by atoms with Crippen LogP contribution < -0.4 is 71.7 Å². The predicted molar refractivity (Wildman–Crippen MR) is 364 cm³/mol. The Morgan fingerprint density at radius 3 is 0.920 bits per heavy atom. The number of fused-ring (bicyclic) bond motifs is 12. The van der Waals surface area contributed by atoms with E-state index in [0.29, 0.717) is 0 Å². The van der Waals surface area contributed by atoms with Crippen LogP contribution in [-0.4, -0.2) is 13.4 Å². The summed E-state index contributed by atoms with van der Waals surface area (Å²) >= 11 is 0. The fourth-order valence-corrected chi connectivity index (χ4v) is 15.0. The highest BCUT2D eigenvalue weighted by molar-refractivity contribution is 7.03. The molecule has 13 aromatic carbocycles. The van der Waals surface area contributed by atoms with Crippen LogP contribution in [0.2, 0.25) is 0 Å². The van der Waals surface area contributed by atoms with Crippen molar-refractivity contribution in [3.8, 4) is 23.0 Å². The highest BCUT2D eigenvalue weighted by atomic mass is 16.5. The lowest BCUT2D eigenvalue weighted by Gasteiger charge is -2.49. The van der Waals surface area contributed by atoms with Crippen molar-refractivity contribution in [2.75, 3.05) is 29.4 Å². The van der Waals surface area contributed by atoms with E-state index in [1.165, 1.54) is 32.8 Å². The van der Waals surface area contributed by atoms with E-state index in [4.69, 9.17) is 9.47 Å². The molecular formula is C78H50B2N6O2. The van der Waals surface area contributed by atoms with Crippen LogP contribution in [0.25, 0.3) is 0 Å². The highest BCUT2D eigenvalue weighted by Gasteiger charge is 2.51. The lowest BCUT2D eigenvalue weighted by atomic mass is 9.30. The molecule has 0 fully saturated rings. The molecule has 0 N–H and O–H groups in total. The molecule has 88 heavy (non-hydrogen) atoms. The summed E-state index contributed by atoms with van der Waals surface area (Å²) in [7, 11) is 0. The maximum Gasteiger partial charge on any atom is 0.252 e. The lowest BCUT2D eigenvalue weighted by molar-refractivity contribution is 0.477. The van der Waals surface area contributed by atoms with Crippen molar-refractivity contribution in [1.82, 2.24) is 0 Å². The number of benzene rings is 13. The van der Waals surface area contributed by atoms with E-state index < -0.39 is 0 Å². The van der Waals surface area contributed by atoms with Gasteiger partial charge in [-0.25, -0.2) is 0 Å². The van der Waals surface area contributed by atoms with Crippen molar-refractivity contribution in [1.29, 1.82) is 0 Å². The molecular weight excluding hydrogens is 1070 g/mol. The van der Waals surface area contributed by atoms with E-state index >= 15 is 0 Å². The molecule has 0 radical (unpaired) electrons. The summed E-state index contributed by atoms with van der Waals surface area (Å²) in [4.78, 5) is 14.9. The summed E-state index contributed by atoms with van der Waals surface area (Å²) in [6.07, 6.45) is 0. The molecule has 0 spiro atoms. The minimum Gasteiger partial charge on any atom is -0.453 e. The second kappa shape index (κ2) is 18.9. The van der Waals surface area contributed by atoms with Crippen LogP contribution in [0.15, 0.2) is 303 Å². The number of hydrogen-bond acceptors (Lipinski definition) is 8. The summed E-state index contributed by atoms with van der Waals surface area (Å²) in [5, 5.41) is 0. The molecule has 0 saturated carbocycles. The monoisotopic (exact) mass is 1120 g/mol. The molecule has 13 aromatic rings. The molecule has 0 bridgehead atoms. The molecule has 6 aliphatic heterocycles. The lowest BCUT2D eigenvalue weighted by Crippen LogP contribution is -2.65. The van der Waals surface area contributed by atoms with Crippen molar-refractivity contribution < 1.29 is 9.47 Å². The Morgan fingerprint density at radius 1 is 0.227 bits per heavy atom. The van der Waals surface area contributed by atoms with Crippen molar-refractivity contribution >= 4 is 149 Å². The first-order valence-corrected chi connectivity index (χ1v) is 30.1. The Kier molecular flexibility index (Phi) is 10.5. The van der Waals surface area contributed by atoms with Gasteiger partial charge in [0, 0.05) is 68.2 Å². The normalized spacial score (nSPS) is 13.5. The maximum atomic E-state index is 7.02. The Bertz CT molecular complexity index is 4590. The fourth-order valence-electron chi connectivity index (χ4n) is 15.0. The van der Waals surface area contributed by atoms with Crippen molar-refractivity contribution in [2.24, 2.45) is 0 Å². The maximum absolute atomic E-state index is 7.02. The molecule has 0 aliphatic carbocycles. The molecule has 6 aliphatic rings. The number of ether oxygens (including phenoxy) is 2. The average molecular weight is 1120 g/mol. The Balaban J connectivity index is 0.941. The highest BCUT2D eigenvalue weighted by Crippen LogP contribution is 2.58. The first-order valence-electron chi connectivity index (χ1n) is 30.1. The van der Waals surface area contributed by atoms with E-state index in [-0.39, 0.29) is 13.4 Å². The number of rotatable bonds is 8. The molecule has 6 heterocycles. The van der Waals surface area contributed by atoms with Crippen LogP contribution in [0.5, 0.6) is 23.0 Å². The quantitative estimate of drug-likeness (QED) is 0.139. The zero-order valence-electron chi connectivity index (χ0n) is 47.5. The molecule has 0 aromatic heterocycles. The van der Waals surface area contributed by atoms with Crippen molar-refractivity contribution in [3.05, 3.63) is 303 Å². The van der Waals surface area contributed by atoms with Crippen LogP contribution in [-0.2, 0) is 0 Å². The summed E-state index contributed by atoms with van der Waals surface area (Å²) in [5.41, 5.74) is 26.4. The van der Waals surface area contributed by atoms with Gasteiger partial charge in [-0.2, -0.15) is 0 Å². The van der Waals surface area contributed by atoms with Gasteiger partial charge in [-0.3, -0.25) is 0 Å². The van der Waals surface area contributed by atoms with Crippen LogP contribution >= 0.6 is 0 Å². The van der Waals surface area contributed by atoms with Gasteiger partial charge in [-0.15, -0.1) is 0 Å². The SMILES string of the molecule is c1ccc(N(c2ccccc2)c2cc3c4c(c2)N2c5ccccc5Oc5cccc(c52)B4c2cc4c(cc2N3c2ccccc2)N(c2ccccc2)c2cc(N(c3ccccc3)c3ccccc3)cc3c2B4c2cccc4c2N3c2ccccc2O4)cc1. The van der Waals surface area contributed by atoms with Gasteiger partial charge >= 0.3 is 0 Å². The first kappa shape index (κ1) is 48.7. The Morgan fingerprint density at radius 2 is 0.545 bits per heavy atom. The fraction of sp³-hybridized carbons (Fsp3) is 0. The minimum atomic E-state index is -0.222. The van der Waals surface area contributed by atoms with Gasteiger partial charge in [0.05, 0.1) is 34.1 Å². The third kappa shape index (κ3) is 7.05. The van der Waals surface area contributed by atoms with E-state index in [1.54, 1.807) is 0 Å². The summed E-state index contributed by atoms with van der Waals surface area (Å²) in [5.74, 6) is 3.29. The van der Waals surface area contributed by atoms with Crippen LogP contribution in [0.1, 0.15) is 0 Å².